The van der Waals surface area contributed by atoms with Crippen molar-refractivity contribution in [1.29, 1.82) is 0 Å². The van der Waals surface area contributed by atoms with E-state index in [9.17, 15) is 14.9 Å². The third-order valence-corrected chi connectivity index (χ3v) is 7.14. The van der Waals surface area contributed by atoms with Crippen LogP contribution in [0.25, 0.3) is 0 Å². The van der Waals surface area contributed by atoms with E-state index in [2.05, 4.69) is 18.3 Å². The molecule has 2 rings (SSSR count). The zero-order chi connectivity index (χ0) is 27.6. The Hall–Kier alpha value is -2.60. The van der Waals surface area contributed by atoms with Crippen LogP contribution < -0.4 is 10.1 Å². The molecule has 0 radical (unpaired) electrons. The first-order chi connectivity index (χ1) is 18.4. The second-order valence-corrected chi connectivity index (χ2v) is 10.5. The van der Waals surface area contributed by atoms with Gasteiger partial charge in [0.05, 0.1) is 4.92 Å². The van der Waals surface area contributed by atoms with Crippen LogP contribution in [-0.2, 0) is 11.2 Å². The van der Waals surface area contributed by atoms with Crippen molar-refractivity contribution in [2.75, 3.05) is 5.32 Å². The summed E-state index contributed by atoms with van der Waals surface area (Å²) in [7, 11) is 0. The predicted molar refractivity (Wildman–Crippen MR) is 157 cm³/mol. The second-order valence-electron chi connectivity index (χ2n) is 10.1. The topological polar surface area (TPSA) is 81.5 Å². The predicted octanol–water partition coefficient (Wildman–Crippen LogP) is 9.68. The Bertz CT molecular complexity index is 982. The van der Waals surface area contributed by atoms with Gasteiger partial charge in [-0.25, -0.2) is 0 Å². The highest BCUT2D eigenvalue weighted by Gasteiger charge is 2.20. The standard InChI is InChI=1S/C31H45ClN2O4/c1-3-5-6-7-8-9-10-11-12-13-14-15-16-18-25-19-17-20-27(23-25)38-30(4-2)31(35)33-26-21-22-28(32)29(24-26)34(36)37/h17,19-24,30H,3-16,18H2,1-2H3,(H,33,35)/t30-/m0/s1. The van der Waals surface area contributed by atoms with Crippen LogP contribution in [0.2, 0.25) is 5.02 Å². The van der Waals surface area contributed by atoms with Gasteiger partial charge < -0.3 is 10.1 Å². The van der Waals surface area contributed by atoms with Crippen molar-refractivity contribution < 1.29 is 14.5 Å². The van der Waals surface area contributed by atoms with Gasteiger partial charge in [0, 0.05) is 11.8 Å². The summed E-state index contributed by atoms with van der Waals surface area (Å²) in [5, 5.41) is 13.8. The molecule has 0 unspecified atom stereocenters. The minimum Gasteiger partial charge on any atom is -0.481 e. The summed E-state index contributed by atoms with van der Waals surface area (Å²) in [5.74, 6) is 0.298. The molecule has 0 aromatic heterocycles. The fourth-order valence-electron chi connectivity index (χ4n) is 4.56. The maximum Gasteiger partial charge on any atom is 0.289 e. The van der Waals surface area contributed by atoms with Gasteiger partial charge in [-0.15, -0.1) is 0 Å². The van der Waals surface area contributed by atoms with E-state index in [0.29, 0.717) is 17.9 Å². The Morgan fingerprint density at radius 1 is 0.895 bits per heavy atom. The third-order valence-electron chi connectivity index (χ3n) is 6.82. The normalized spacial score (nSPS) is 11.8. The molecule has 1 amide bonds. The van der Waals surface area contributed by atoms with Gasteiger partial charge in [0.2, 0.25) is 0 Å². The van der Waals surface area contributed by atoms with Crippen molar-refractivity contribution in [3.8, 4) is 5.75 Å². The number of nitrogens with zero attached hydrogens (tertiary/aromatic N) is 1. The number of carbonyl (C=O) groups is 1. The molecule has 0 heterocycles. The molecule has 1 atom stereocenters. The van der Waals surface area contributed by atoms with Crippen LogP contribution in [0, 0.1) is 10.1 Å². The molecule has 38 heavy (non-hydrogen) atoms. The van der Waals surface area contributed by atoms with Gasteiger partial charge in [0.25, 0.3) is 11.6 Å². The molecule has 2 aromatic carbocycles. The van der Waals surface area contributed by atoms with Crippen LogP contribution in [0.4, 0.5) is 11.4 Å². The summed E-state index contributed by atoms with van der Waals surface area (Å²) in [6.45, 7) is 4.13. The number of rotatable bonds is 20. The molecule has 0 saturated heterocycles. The number of hydrogen-bond acceptors (Lipinski definition) is 4. The molecule has 0 spiro atoms. The Kier molecular flexibility index (Phi) is 15.5. The first-order valence-corrected chi connectivity index (χ1v) is 14.8. The second kappa shape index (κ2) is 18.6. The number of unbranched alkanes of at least 4 members (excludes halogenated alkanes) is 12. The van der Waals surface area contributed by atoms with Crippen molar-refractivity contribution in [3.63, 3.8) is 0 Å². The number of carbonyl (C=O) groups excluding carboxylic acids is 1. The summed E-state index contributed by atoms with van der Waals surface area (Å²) in [6, 6.07) is 12.1. The molecule has 0 saturated carbocycles. The Balaban J connectivity index is 1.68. The summed E-state index contributed by atoms with van der Waals surface area (Å²) >= 11 is 5.86. The number of nitro groups is 1. The van der Waals surface area contributed by atoms with Crippen molar-refractivity contribution in [2.45, 2.75) is 116 Å². The maximum atomic E-state index is 12.8. The zero-order valence-corrected chi connectivity index (χ0v) is 23.9. The molecular weight excluding hydrogens is 500 g/mol. The maximum absolute atomic E-state index is 12.8. The SMILES string of the molecule is CCCCCCCCCCCCCCCc1cccc(O[C@@H](CC)C(=O)Nc2ccc(Cl)c([N+](=O)[O-])c2)c1. The largest absolute Gasteiger partial charge is 0.481 e. The monoisotopic (exact) mass is 544 g/mol. The van der Waals surface area contributed by atoms with Crippen LogP contribution in [0.3, 0.4) is 0 Å². The smallest absolute Gasteiger partial charge is 0.289 e. The molecule has 0 fully saturated rings. The molecule has 0 aliphatic rings. The minimum atomic E-state index is -0.712. The van der Waals surface area contributed by atoms with Gasteiger partial charge in [-0.2, -0.15) is 0 Å². The third kappa shape index (κ3) is 12.3. The quantitative estimate of drug-likeness (QED) is 0.102. The van der Waals surface area contributed by atoms with Crippen molar-refractivity contribution in [3.05, 3.63) is 63.2 Å². The van der Waals surface area contributed by atoms with Gasteiger partial charge >= 0.3 is 0 Å². The van der Waals surface area contributed by atoms with E-state index in [0.717, 1.165) is 12.8 Å². The molecule has 6 nitrogen and oxygen atoms in total. The Morgan fingerprint density at radius 3 is 2.08 bits per heavy atom. The first-order valence-electron chi connectivity index (χ1n) is 14.4. The summed E-state index contributed by atoms with van der Waals surface area (Å²) in [5.41, 5.74) is 1.26. The molecule has 210 valence electrons. The minimum absolute atomic E-state index is 0.0246. The average Bonchev–Trinajstić information content (AvgIpc) is 2.91. The molecule has 0 aliphatic carbocycles. The van der Waals surface area contributed by atoms with Crippen LogP contribution in [-0.4, -0.2) is 16.9 Å². The van der Waals surface area contributed by atoms with Gasteiger partial charge in [-0.3, -0.25) is 14.9 Å². The molecule has 7 heteroatoms. The number of aryl methyl sites for hydroxylation is 1. The van der Waals surface area contributed by atoms with E-state index >= 15 is 0 Å². The van der Waals surface area contributed by atoms with Crippen LogP contribution >= 0.6 is 11.6 Å². The molecule has 1 N–H and O–H groups in total. The number of amides is 1. The van der Waals surface area contributed by atoms with E-state index < -0.39 is 11.0 Å². The van der Waals surface area contributed by atoms with Crippen molar-refractivity contribution in [1.82, 2.24) is 0 Å². The highest BCUT2D eigenvalue weighted by Crippen LogP contribution is 2.28. The number of halogens is 1. The van der Waals surface area contributed by atoms with E-state index in [1.165, 1.54) is 101 Å². The number of benzene rings is 2. The van der Waals surface area contributed by atoms with Gasteiger partial charge in [-0.1, -0.05) is 115 Å². The van der Waals surface area contributed by atoms with Gasteiger partial charge in [-0.05, 0) is 49.1 Å². The van der Waals surface area contributed by atoms with Crippen LogP contribution in [0.5, 0.6) is 5.75 Å². The first kappa shape index (κ1) is 31.6. The lowest BCUT2D eigenvalue weighted by atomic mass is 10.0. The molecule has 0 aliphatic heterocycles. The van der Waals surface area contributed by atoms with Crippen LogP contribution in [0.1, 0.15) is 109 Å². The molecule has 2 aromatic rings. The zero-order valence-electron chi connectivity index (χ0n) is 23.2. The fourth-order valence-corrected chi connectivity index (χ4v) is 4.75. The van der Waals surface area contributed by atoms with E-state index in [1.54, 1.807) is 0 Å². The van der Waals surface area contributed by atoms with E-state index in [4.69, 9.17) is 16.3 Å². The molecular formula is C31H45ClN2O4. The van der Waals surface area contributed by atoms with Crippen LogP contribution in [0.15, 0.2) is 42.5 Å². The number of hydrogen-bond donors (Lipinski definition) is 1. The summed E-state index contributed by atoms with van der Waals surface area (Å²) < 4.78 is 5.99. The number of anilines is 1. The van der Waals surface area contributed by atoms with Gasteiger partial charge in [0.15, 0.2) is 6.10 Å². The van der Waals surface area contributed by atoms with E-state index in [1.807, 2.05) is 25.1 Å². The lowest BCUT2D eigenvalue weighted by molar-refractivity contribution is -0.384. The summed E-state index contributed by atoms with van der Waals surface area (Å²) in [6.07, 6.45) is 18.1. The van der Waals surface area contributed by atoms with Crippen molar-refractivity contribution >= 4 is 28.9 Å². The number of nitrogens with one attached hydrogen (secondary N) is 1. The van der Waals surface area contributed by atoms with Crippen molar-refractivity contribution in [2.24, 2.45) is 0 Å². The Morgan fingerprint density at radius 2 is 1.50 bits per heavy atom. The lowest BCUT2D eigenvalue weighted by Gasteiger charge is -2.18. The van der Waals surface area contributed by atoms with E-state index in [-0.39, 0.29) is 16.6 Å². The lowest BCUT2D eigenvalue weighted by Crippen LogP contribution is -2.32. The highest BCUT2D eigenvalue weighted by molar-refractivity contribution is 6.32. The number of ether oxygens (including phenoxy) is 1. The highest BCUT2D eigenvalue weighted by atomic mass is 35.5. The average molecular weight is 545 g/mol. The fraction of sp³-hybridized carbons (Fsp3) is 0.581. The Labute approximate surface area is 233 Å². The molecule has 0 bridgehead atoms. The number of nitro benzene ring substituents is 1. The van der Waals surface area contributed by atoms with Gasteiger partial charge in [0.1, 0.15) is 10.8 Å². The summed E-state index contributed by atoms with van der Waals surface area (Å²) in [4.78, 5) is 23.3.